The predicted molar refractivity (Wildman–Crippen MR) is 49.8 cm³/mol. The molecule has 1 rings (SSSR count). The zero-order valence-corrected chi connectivity index (χ0v) is 8.79. The topological polar surface area (TPSA) is 48.4 Å². The molecule has 0 aliphatic rings. The van der Waals surface area contributed by atoms with Gasteiger partial charge in [0, 0.05) is 12.3 Å². The highest BCUT2D eigenvalue weighted by Gasteiger charge is 2.10. The Hall–Kier alpha value is -1.10. The van der Waals surface area contributed by atoms with Gasteiger partial charge in [-0.25, -0.2) is 9.78 Å². The molecular formula is C8H8BrNO3. The second-order valence-corrected chi connectivity index (χ2v) is 3.05. The maximum absolute atomic E-state index is 11.0. The fraction of sp³-hybridized carbons (Fsp3) is 0.250. The van der Waals surface area contributed by atoms with Crippen LogP contribution in [0.5, 0.6) is 5.75 Å². The Morgan fingerprint density at radius 2 is 2.23 bits per heavy atom. The van der Waals surface area contributed by atoms with Gasteiger partial charge in [-0.15, -0.1) is 0 Å². The van der Waals surface area contributed by atoms with Crippen molar-refractivity contribution in [3.63, 3.8) is 0 Å². The number of hydrogen-bond acceptors (Lipinski definition) is 4. The highest BCUT2D eigenvalue weighted by atomic mass is 79.9. The molecule has 0 aliphatic carbocycles. The first kappa shape index (κ1) is 9.98. The Labute approximate surface area is 84.0 Å². The zero-order chi connectivity index (χ0) is 9.84. The van der Waals surface area contributed by atoms with E-state index in [4.69, 9.17) is 4.74 Å². The van der Waals surface area contributed by atoms with Crippen LogP contribution in [0.25, 0.3) is 0 Å². The second-order valence-electron chi connectivity index (χ2n) is 2.20. The number of methoxy groups -OCH3 is 2. The molecule has 0 bridgehead atoms. The van der Waals surface area contributed by atoms with Crippen molar-refractivity contribution >= 4 is 21.9 Å². The first-order valence-corrected chi connectivity index (χ1v) is 4.26. The van der Waals surface area contributed by atoms with Gasteiger partial charge in [0.25, 0.3) is 0 Å². The first-order chi connectivity index (χ1) is 6.19. The number of rotatable bonds is 2. The number of carbonyl (C=O) groups excluding carboxylic acids is 1. The standard InChI is InChI=1S/C8H8BrNO3/c1-12-7-3-6(8(11)13-2)10-4-5(7)9/h3-4H,1-2H3. The van der Waals surface area contributed by atoms with Gasteiger partial charge in [0.2, 0.25) is 0 Å². The van der Waals surface area contributed by atoms with Gasteiger partial charge in [0.05, 0.1) is 18.7 Å². The Morgan fingerprint density at radius 3 is 2.77 bits per heavy atom. The summed E-state index contributed by atoms with van der Waals surface area (Å²) < 4.78 is 10.2. The Morgan fingerprint density at radius 1 is 1.54 bits per heavy atom. The van der Waals surface area contributed by atoms with Crippen LogP contribution in [-0.4, -0.2) is 25.2 Å². The van der Waals surface area contributed by atoms with E-state index in [1.165, 1.54) is 26.5 Å². The lowest BCUT2D eigenvalue weighted by atomic mass is 10.3. The van der Waals surface area contributed by atoms with Gasteiger partial charge in [-0.3, -0.25) is 0 Å². The number of esters is 1. The van der Waals surface area contributed by atoms with Crippen molar-refractivity contribution in [1.82, 2.24) is 4.98 Å². The van der Waals surface area contributed by atoms with E-state index in [0.29, 0.717) is 10.2 Å². The van der Waals surface area contributed by atoms with E-state index in [1.54, 1.807) is 0 Å². The lowest BCUT2D eigenvalue weighted by molar-refractivity contribution is 0.0593. The van der Waals surface area contributed by atoms with Crippen molar-refractivity contribution in [2.24, 2.45) is 0 Å². The summed E-state index contributed by atoms with van der Waals surface area (Å²) in [4.78, 5) is 14.9. The number of aromatic nitrogens is 1. The molecule has 70 valence electrons. The summed E-state index contributed by atoms with van der Waals surface area (Å²) in [5, 5.41) is 0. The van der Waals surface area contributed by atoms with E-state index in [1.807, 2.05) is 0 Å². The second kappa shape index (κ2) is 4.23. The van der Waals surface area contributed by atoms with Crippen molar-refractivity contribution in [3.8, 4) is 5.75 Å². The third-order valence-electron chi connectivity index (χ3n) is 1.43. The molecule has 0 aromatic carbocycles. The minimum absolute atomic E-state index is 0.225. The van der Waals surface area contributed by atoms with Crippen molar-refractivity contribution in [2.45, 2.75) is 0 Å². The van der Waals surface area contributed by atoms with Gasteiger partial charge in [-0.2, -0.15) is 0 Å². The number of carbonyl (C=O) groups is 1. The molecule has 13 heavy (non-hydrogen) atoms. The van der Waals surface area contributed by atoms with E-state index in [2.05, 4.69) is 25.7 Å². The molecule has 1 aromatic heterocycles. The molecule has 0 spiro atoms. The van der Waals surface area contributed by atoms with Crippen LogP contribution in [0.4, 0.5) is 0 Å². The van der Waals surface area contributed by atoms with Crippen LogP contribution in [0.1, 0.15) is 10.5 Å². The predicted octanol–water partition coefficient (Wildman–Crippen LogP) is 1.64. The molecule has 1 aromatic rings. The molecule has 0 N–H and O–H groups in total. The molecule has 0 aliphatic heterocycles. The number of ether oxygens (including phenoxy) is 2. The number of hydrogen-bond donors (Lipinski definition) is 0. The maximum Gasteiger partial charge on any atom is 0.356 e. The Kier molecular flexibility index (Phi) is 3.25. The summed E-state index contributed by atoms with van der Waals surface area (Å²) in [5.41, 5.74) is 0.225. The van der Waals surface area contributed by atoms with Crippen LogP contribution in [0.2, 0.25) is 0 Å². The molecule has 1 heterocycles. The molecular weight excluding hydrogens is 238 g/mol. The molecule has 0 saturated heterocycles. The quantitative estimate of drug-likeness (QED) is 0.744. The van der Waals surface area contributed by atoms with E-state index < -0.39 is 5.97 Å². The summed E-state index contributed by atoms with van der Waals surface area (Å²) in [5.74, 6) is 0.0706. The minimum atomic E-state index is -0.481. The third-order valence-corrected chi connectivity index (χ3v) is 2.03. The first-order valence-electron chi connectivity index (χ1n) is 3.47. The highest BCUT2D eigenvalue weighted by Crippen LogP contribution is 2.23. The Balaban J connectivity index is 3.06. The summed E-state index contributed by atoms with van der Waals surface area (Å²) in [6, 6.07) is 1.51. The number of pyridine rings is 1. The monoisotopic (exact) mass is 245 g/mol. The zero-order valence-electron chi connectivity index (χ0n) is 7.20. The van der Waals surface area contributed by atoms with E-state index >= 15 is 0 Å². The van der Waals surface area contributed by atoms with Crippen molar-refractivity contribution < 1.29 is 14.3 Å². The Bertz CT molecular complexity index is 327. The molecule has 0 atom stereocenters. The summed E-state index contributed by atoms with van der Waals surface area (Å²) in [6.07, 6.45) is 1.49. The van der Waals surface area contributed by atoms with Crippen molar-refractivity contribution in [1.29, 1.82) is 0 Å². The summed E-state index contributed by atoms with van der Waals surface area (Å²) in [7, 11) is 2.82. The van der Waals surface area contributed by atoms with Crippen LogP contribution in [-0.2, 0) is 4.74 Å². The summed E-state index contributed by atoms with van der Waals surface area (Å²) in [6.45, 7) is 0. The molecule has 4 nitrogen and oxygen atoms in total. The van der Waals surface area contributed by atoms with E-state index in [-0.39, 0.29) is 5.69 Å². The van der Waals surface area contributed by atoms with Crippen LogP contribution in [0.15, 0.2) is 16.7 Å². The van der Waals surface area contributed by atoms with Gasteiger partial charge in [0.1, 0.15) is 5.75 Å². The lowest BCUT2D eigenvalue weighted by Gasteiger charge is -2.03. The van der Waals surface area contributed by atoms with Crippen molar-refractivity contribution in [2.75, 3.05) is 14.2 Å². The molecule has 0 fully saturated rings. The average molecular weight is 246 g/mol. The van der Waals surface area contributed by atoms with Crippen molar-refractivity contribution in [3.05, 3.63) is 22.4 Å². The van der Waals surface area contributed by atoms with E-state index in [9.17, 15) is 4.79 Å². The highest BCUT2D eigenvalue weighted by molar-refractivity contribution is 9.10. The van der Waals surface area contributed by atoms with Crippen LogP contribution < -0.4 is 4.74 Å². The molecule has 5 heteroatoms. The normalized spacial score (nSPS) is 9.46. The van der Waals surface area contributed by atoms with Crippen LogP contribution in [0, 0.1) is 0 Å². The maximum atomic E-state index is 11.0. The third kappa shape index (κ3) is 2.18. The smallest absolute Gasteiger partial charge is 0.356 e. The number of halogens is 1. The fourth-order valence-electron chi connectivity index (χ4n) is 0.793. The van der Waals surface area contributed by atoms with Crippen LogP contribution in [0.3, 0.4) is 0 Å². The van der Waals surface area contributed by atoms with Crippen LogP contribution >= 0.6 is 15.9 Å². The molecule has 0 saturated carbocycles. The minimum Gasteiger partial charge on any atom is -0.495 e. The van der Waals surface area contributed by atoms with Gasteiger partial charge in [0.15, 0.2) is 5.69 Å². The summed E-state index contributed by atoms with van der Waals surface area (Å²) >= 11 is 3.22. The average Bonchev–Trinajstić information content (AvgIpc) is 2.17. The lowest BCUT2D eigenvalue weighted by Crippen LogP contribution is -2.04. The largest absolute Gasteiger partial charge is 0.495 e. The molecule has 0 amide bonds. The van der Waals surface area contributed by atoms with Gasteiger partial charge < -0.3 is 9.47 Å². The molecule has 0 unspecified atom stereocenters. The van der Waals surface area contributed by atoms with Gasteiger partial charge >= 0.3 is 5.97 Å². The fourth-order valence-corrected chi connectivity index (χ4v) is 1.17. The number of nitrogens with zero attached hydrogens (tertiary/aromatic N) is 1. The SMILES string of the molecule is COC(=O)c1cc(OC)c(Br)cn1. The molecule has 0 radical (unpaired) electrons. The van der Waals surface area contributed by atoms with E-state index in [0.717, 1.165) is 0 Å². The van der Waals surface area contributed by atoms with Gasteiger partial charge in [-0.05, 0) is 15.9 Å². The van der Waals surface area contributed by atoms with Gasteiger partial charge in [-0.1, -0.05) is 0 Å².